The lowest BCUT2D eigenvalue weighted by Gasteiger charge is -2.18. The van der Waals surface area contributed by atoms with Gasteiger partial charge in [0.1, 0.15) is 5.82 Å². The quantitative estimate of drug-likeness (QED) is 0.843. The van der Waals surface area contributed by atoms with Gasteiger partial charge in [0.15, 0.2) is 5.69 Å². The van der Waals surface area contributed by atoms with Crippen LogP contribution in [0.3, 0.4) is 0 Å². The molecule has 17 heavy (non-hydrogen) atoms. The lowest BCUT2D eigenvalue weighted by Crippen LogP contribution is -2.16. The van der Waals surface area contributed by atoms with Gasteiger partial charge in [-0.25, -0.2) is 9.78 Å². The van der Waals surface area contributed by atoms with E-state index in [9.17, 15) is 9.90 Å². The van der Waals surface area contributed by atoms with E-state index in [1.165, 1.54) is 0 Å². The number of nitrogens with zero attached hydrogens (tertiary/aromatic N) is 2. The van der Waals surface area contributed by atoms with Crippen molar-refractivity contribution in [3.63, 3.8) is 0 Å². The smallest absolute Gasteiger partial charge is 0.356 e. The molecule has 1 aromatic rings. The van der Waals surface area contributed by atoms with Crippen LogP contribution in [0.1, 0.15) is 47.2 Å². The fourth-order valence-corrected chi connectivity index (χ4v) is 2.79. The Morgan fingerprint density at radius 2 is 2.35 bits per heavy atom. The molecule has 2 aliphatic rings. The third-order valence-corrected chi connectivity index (χ3v) is 3.64. The maximum atomic E-state index is 11.2. The van der Waals surface area contributed by atoms with Crippen LogP contribution in [0.15, 0.2) is 0 Å². The van der Waals surface area contributed by atoms with E-state index in [2.05, 4.69) is 9.55 Å². The summed E-state index contributed by atoms with van der Waals surface area (Å²) in [5, 5.41) is 9.19. The number of aromatic nitrogens is 2. The second-order valence-corrected chi connectivity index (χ2v) is 4.74. The molecule has 1 atom stereocenters. The van der Waals surface area contributed by atoms with Crippen LogP contribution in [-0.2, 0) is 17.7 Å². The molecule has 0 amide bonds. The molecule has 0 spiro atoms. The SMILES string of the molecule is O=C(O)c1nc(C2CCOC2)n2c1CCCC2. The van der Waals surface area contributed by atoms with Crippen LogP contribution in [0.4, 0.5) is 0 Å². The Bertz CT molecular complexity index is 447. The van der Waals surface area contributed by atoms with Crippen LogP contribution in [0.2, 0.25) is 0 Å². The second kappa shape index (κ2) is 4.14. The van der Waals surface area contributed by atoms with Gasteiger partial charge in [-0.15, -0.1) is 0 Å². The summed E-state index contributed by atoms with van der Waals surface area (Å²) in [6.45, 7) is 2.34. The van der Waals surface area contributed by atoms with E-state index < -0.39 is 5.97 Å². The lowest BCUT2D eigenvalue weighted by atomic mass is 10.1. The van der Waals surface area contributed by atoms with Crippen molar-refractivity contribution in [3.8, 4) is 0 Å². The lowest BCUT2D eigenvalue weighted by molar-refractivity contribution is 0.0689. The number of carbonyl (C=O) groups is 1. The average Bonchev–Trinajstić information content (AvgIpc) is 2.95. The predicted molar refractivity (Wildman–Crippen MR) is 60.3 cm³/mol. The van der Waals surface area contributed by atoms with Crippen molar-refractivity contribution in [2.45, 2.75) is 38.1 Å². The molecule has 0 aromatic carbocycles. The zero-order valence-corrected chi connectivity index (χ0v) is 9.69. The van der Waals surface area contributed by atoms with E-state index in [1.54, 1.807) is 0 Å². The molecule has 1 N–H and O–H groups in total. The van der Waals surface area contributed by atoms with E-state index in [-0.39, 0.29) is 11.6 Å². The predicted octanol–water partition coefficient (Wildman–Crippen LogP) is 1.42. The number of carboxylic acids is 1. The third kappa shape index (κ3) is 1.74. The third-order valence-electron chi connectivity index (χ3n) is 3.64. The normalized spacial score (nSPS) is 23.6. The summed E-state index contributed by atoms with van der Waals surface area (Å²) in [4.78, 5) is 15.6. The Morgan fingerprint density at radius 3 is 3.06 bits per heavy atom. The maximum Gasteiger partial charge on any atom is 0.356 e. The highest BCUT2D eigenvalue weighted by atomic mass is 16.5. The molecule has 1 aromatic heterocycles. The minimum absolute atomic E-state index is 0.256. The van der Waals surface area contributed by atoms with Crippen molar-refractivity contribution in [1.29, 1.82) is 0 Å². The first-order chi connectivity index (χ1) is 8.27. The van der Waals surface area contributed by atoms with Crippen LogP contribution in [-0.4, -0.2) is 33.8 Å². The van der Waals surface area contributed by atoms with Gasteiger partial charge in [-0.2, -0.15) is 0 Å². The van der Waals surface area contributed by atoms with Gasteiger partial charge < -0.3 is 14.4 Å². The monoisotopic (exact) mass is 236 g/mol. The molecule has 5 nitrogen and oxygen atoms in total. The topological polar surface area (TPSA) is 64.3 Å². The highest BCUT2D eigenvalue weighted by Crippen LogP contribution is 2.29. The fourth-order valence-electron chi connectivity index (χ4n) is 2.79. The molecule has 0 bridgehead atoms. The van der Waals surface area contributed by atoms with Gasteiger partial charge in [0.25, 0.3) is 0 Å². The molecule has 92 valence electrons. The summed E-state index contributed by atoms with van der Waals surface area (Å²) in [5.41, 5.74) is 1.16. The molecule has 3 rings (SSSR count). The number of hydrogen-bond acceptors (Lipinski definition) is 3. The number of rotatable bonds is 2. The highest BCUT2D eigenvalue weighted by Gasteiger charge is 2.29. The number of ether oxygens (including phenoxy) is 1. The van der Waals surface area contributed by atoms with Crippen LogP contribution < -0.4 is 0 Å². The van der Waals surface area contributed by atoms with Crippen molar-refractivity contribution in [2.75, 3.05) is 13.2 Å². The van der Waals surface area contributed by atoms with Gasteiger partial charge in [-0.1, -0.05) is 0 Å². The van der Waals surface area contributed by atoms with Crippen molar-refractivity contribution in [2.24, 2.45) is 0 Å². The molecule has 1 unspecified atom stereocenters. The summed E-state index contributed by atoms with van der Waals surface area (Å²) < 4.78 is 7.49. The molecule has 3 heterocycles. The molecule has 0 saturated carbocycles. The van der Waals surface area contributed by atoms with Crippen molar-refractivity contribution in [3.05, 3.63) is 17.2 Å². The first-order valence-electron chi connectivity index (χ1n) is 6.17. The largest absolute Gasteiger partial charge is 0.476 e. The number of hydrogen-bond donors (Lipinski definition) is 1. The summed E-state index contributed by atoms with van der Waals surface area (Å²) in [7, 11) is 0. The molecule has 1 fully saturated rings. The zero-order valence-electron chi connectivity index (χ0n) is 9.69. The minimum Gasteiger partial charge on any atom is -0.476 e. The Morgan fingerprint density at radius 1 is 1.47 bits per heavy atom. The van der Waals surface area contributed by atoms with Gasteiger partial charge in [0, 0.05) is 19.1 Å². The van der Waals surface area contributed by atoms with Crippen LogP contribution in [0.25, 0.3) is 0 Å². The van der Waals surface area contributed by atoms with Gasteiger partial charge in [-0.05, 0) is 25.7 Å². The summed E-state index contributed by atoms with van der Waals surface area (Å²) >= 11 is 0. The van der Waals surface area contributed by atoms with Gasteiger partial charge in [-0.3, -0.25) is 0 Å². The molecule has 1 saturated heterocycles. The zero-order chi connectivity index (χ0) is 11.8. The Hall–Kier alpha value is -1.36. The summed E-state index contributed by atoms with van der Waals surface area (Å²) in [6.07, 6.45) is 3.97. The summed E-state index contributed by atoms with van der Waals surface area (Å²) in [5.74, 6) is 0.301. The van der Waals surface area contributed by atoms with E-state index in [0.29, 0.717) is 6.61 Å². The molecule has 2 aliphatic heterocycles. The molecule has 0 radical (unpaired) electrons. The van der Waals surface area contributed by atoms with Crippen molar-refractivity contribution >= 4 is 5.97 Å². The van der Waals surface area contributed by atoms with Crippen molar-refractivity contribution in [1.82, 2.24) is 9.55 Å². The number of aromatic carboxylic acids is 1. The maximum absolute atomic E-state index is 11.2. The van der Waals surface area contributed by atoms with Gasteiger partial charge in [0.2, 0.25) is 0 Å². The Kier molecular flexibility index (Phi) is 2.63. The Labute approximate surface area is 99.4 Å². The molecular formula is C12H16N2O3. The van der Waals surface area contributed by atoms with E-state index in [4.69, 9.17) is 4.74 Å². The van der Waals surface area contributed by atoms with Crippen LogP contribution >= 0.6 is 0 Å². The molecule has 5 heteroatoms. The fraction of sp³-hybridized carbons (Fsp3) is 0.667. The first kappa shape index (κ1) is 10.8. The van der Waals surface area contributed by atoms with E-state index in [1.807, 2.05) is 0 Å². The molecule has 0 aliphatic carbocycles. The average molecular weight is 236 g/mol. The van der Waals surface area contributed by atoms with Gasteiger partial charge >= 0.3 is 5.97 Å². The minimum atomic E-state index is -0.902. The van der Waals surface area contributed by atoms with E-state index >= 15 is 0 Å². The Balaban J connectivity index is 2.05. The number of fused-ring (bicyclic) bond motifs is 1. The van der Waals surface area contributed by atoms with Gasteiger partial charge in [0.05, 0.1) is 12.3 Å². The molecular weight excluding hydrogens is 220 g/mol. The van der Waals surface area contributed by atoms with E-state index in [0.717, 1.165) is 50.4 Å². The van der Waals surface area contributed by atoms with Crippen molar-refractivity contribution < 1.29 is 14.6 Å². The second-order valence-electron chi connectivity index (χ2n) is 4.74. The standard InChI is InChI=1S/C12H16N2O3/c15-12(16)10-9-3-1-2-5-14(9)11(13-10)8-4-6-17-7-8/h8H,1-7H2,(H,15,16). The highest BCUT2D eigenvalue weighted by molar-refractivity contribution is 5.87. The van der Waals surface area contributed by atoms with Crippen LogP contribution in [0.5, 0.6) is 0 Å². The number of imidazole rings is 1. The number of carboxylic acid groups (broad SMARTS) is 1. The van der Waals surface area contributed by atoms with Crippen LogP contribution in [0, 0.1) is 0 Å². The summed E-state index contributed by atoms with van der Waals surface area (Å²) in [6, 6.07) is 0. The first-order valence-corrected chi connectivity index (χ1v) is 6.17.